The standard InChI is InChI=1S/C18H30N2/c1-4-10-19-11-9-17-7-5-6-8-18(17)14-20-12-15(2)16(3)13-20/h5-8,15-16,19H,4,9-14H2,1-3H3. The van der Waals surface area contributed by atoms with Crippen LogP contribution >= 0.6 is 0 Å². The Hall–Kier alpha value is -0.860. The van der Waals surface area contributed by atoms with E-state index in [1.165, 1.54) is 30.6 Å². The summed E-state index contributed by atoms with van der Waals surface area (Å²) in [6.45, 7) is 12.8. The van der Waals surface area contributed by atoms with Crippen LogP contribution in [0.15, 0.2) is 24.3 Å². The van der Waals surface area contributed by atoms with Gasteiger partial charge in [-0.3, -0.25) is 4.90 Å². The van der Waals surface area contributed by atoms with E-state index in [1.54, 1.807) is 0 Å². The van der Waals surface area contributed by atoms with Crippen molar-refractivity contribution < 1.29 is 0 Å². The predicted octanol–water partition coefficient (Wildman–Crippen LogP) is 3.32. The van der Waals surface area contributed by atoms with Crippen LogP contribution in [-0.4, -0.2) is 31.1 Å². The van der Waals surface area contributed by atoms with E-state index >= 15 is 0 Å². The fraction of sp³-hybridized carbons (Fsp3) is 0.667. The minimum atomic E-state index is 0.841. The molecule has 1 aromatic rings. The molecule has 2 atom stereocenters. The summed E-state index contributed by atoms with van der Waals surface area (Å²) >= 11 is 0. The molecule has 1 saturated heterocycles. The van der Waals surface area contributed by atoms with E-state index in [1.807, 2.05) is 0 Å². The second-order valence-corrected chi connectivity index (χ2v) is 6.42. The molecule has 20 heavy (non-hydrogen) atoms. The summed E-state index contributed by atoms with van der Waals surface area (Å²) in [6.07, 6.45) is 2.36. The van der Waals surface area contributed by atoms with Gasteiger partial charge in [0.05, 0.1) is 0 Å². The summed E-state index contributed by atoms with van der Waals surface area (Å²) in [6, 6.07) is 8.96. The second-order valence-electron chi connectivity index (χ2n) is 6.42. The molecular formula is C18H30N2. The molecule has 2 rings (SSSR count). The highest BCUT2D eigenvalue weighted by Crippen LogP contribution is 2.24. The monoisotopic (exact) mass is 274 g/mol. The number of benzene rings is 1. The van der Waals surface area contributed by atoms with Crippen LogP contribution in [-0.2, 0) is 13.0 Å². The molecule has 1 fully saturated rings. The summed E-state index contributed by atoms with van der Waals surface area (Å²) in [5.41, 5.74) is 3.04. The van der Waals surface area contributed by atoms with Gasteiger partial charge in [0.2, 0.25) is 0 Å². The normalized spacial score (nSPS) is 23.4. The third-order valence-corrected chi connectivity index (χ3v) is 4.57. The number of hydrogen-bond acceptors (Lipinski definition) is 2. The molecule has 2 unspecified atom stereocenters. The van der Waals surface area contributed by atoms with Crippen molar-refractivity contribution in [3.8, 4) is 0 Å². The van der Waals surface area contributed by atoms with Gasteiger partial charge < -0.3 is 5.32 Å². The van der Waals surface area contributed by atoms with Crippen molar-refractivity contribution in [2.75, 3.05) is 26.2 Å². The molecular weight excluding hydrogens is 244 g/mol. The van der Waals surface area contributed by atoms with Crippen LogP contribution in [0.4, 0.5) is 0 Å². The van der Waals surface area contributed by atoms with Gasteiger partial charge in [-0.2, -0.15) is 0 Å². The maximum absolute atomic E-state index is 3.50. The van der Waals surface area contributed by atoms with Crippen LogP contribution in [0.5, 0.6) is 0 Å². The maximum atomic E-state index is 3.50. The molecule has 0 saturated carbocycles. The minimum Gasteiger partial charge on any atom is -0.316 e. The maximum Gasteiger partial charge on any atom is 0.0236 e. The van der Waals surface area contributed by atoms with Crippen molar-refractivity contribution in [1.29, 1.82) is 0 Å². The van der Waals surface area contributed by atoms with E-state index in [2.05, 4.69) is 55.3 Å². The van der Waals surface area contributed by atoms with Gasteiger partial charge in [-0.15, -0.1) is 0 Å². The quantitative estimate of drug-likeness (QED) is 0.767. The Morgan fingerprint density at radius 1 is 1.05 bits per heavy atom. The Balaban J connectivity index is 1.90. The number of hydrogen-bond donors (Lipinski definition) is 1. The molecule has 1 heterocycles. The first-order chi connectivity index (χ1) is 9.70. The largest absolute Gasteiger partial charge is 0.316 e. The molecule has 0 aliphatic carbocycles. The Kier molecular flexibility index (Phi) is 6.06. The van der Waals surface area contributed by atoms with Gasteiger partial charge in [-0.1, -0.05) is 45.0 Å². The third-order valence-electron chi connectivity index (χ3n) is 4.57. The zero-order valence-corrected chi connectivity index (χ0v) is 13.4. The van der Waals surface area contributed by atoms with Crippen molar-refractivity contribution in [3.63, 3.8) is 0 Å². The van der Waals surface area contributed by atoms with Crippen LogP contribution in [0, 0.1) is 11.8 Å². The van der Waals surface area contributed by atoms with Crippen molar-refractivity contribution in [3.05, 3.63) is 35.4 Å². The van der Waals surface area contributed by atoms with Gasteiger partial charge in [0.1, 0.15) is 0 Å². The van der Waals surface area contributed by atoms with Gasteiger partial charge in [0, 0.05) is 19.6 Å². The van der Waals surface area contributed by atoms with Crippen LogP contribution in [0.25, 0.3) is 0 Å². The lowest BCUT2D eigenvalue weighted by Gasteiger charge is -2.18. The van der Waals surface area contributed by atoms with E-state index in [0.717, 1.165) is 37.9 Å². The fourth-order valence-electron chi connectivity index (χ4n) is 3.10. The molecule has 1 aliphatic heterocycles. The number of rotatable bonds is 7. The molecule has 0 radical (unpaired) electrons. The summed E-state index contributed by atoms with van der Waals surface area (Å²) < 4.78 is 0. The molecule has 112 valence electrons. The van der Waals surface area contributed by atoms with Crippen LogP contribution in [0.3, 0.4) is 0 Å². The average Bonchev–Trinajstić information content (AvgIpc) is 2.75. The Morgan fingerprint density at radius 2 is 1.70 bits per heavy atom. The predicted molar refractivity (Wildman–Crippen MR) is 86.9 cm³/mol. The van der Waals surface area contributed by atoms with Crippen molar-refractivity contribution >= 4 is 0 Å². The highest BCUT2D eigenvalue weighted by atomic mass is 15.1. The van der Waals surface area contributed by atoms with Crippen LogP contribution in [0.2, 0.25) is 0 Å². The molecule has 0 aromatic heterocycles. The van der Waals surface area contributed by atoms with Crippen LogP contribution < -0.4 is 5.32 Å². The Labute approximate surface area is 124 Å². The van der Waals surface area contributed by atoms with E-state index in [0.29, 0.717) is 0 Å². The highest BCUT2D eigenvalue weighted by Gasteiger charge is 2.26. The summed E-state index contributed by atoms with van der Waals surface area (Å²) in [5.74, 6) is 1.68. The second kappa shape index (κ2) is 7.80. The smallest absolute Gasteiger partial charge is 0.0236 e. The van der Waals surface area contributed by atoms with Crippen molar-refractivity contribution in [1.82, 2.24) is 10.2 Å². The molecule has 1 N–H and O–H groups in total. The van der Waals surface area contributed by atoms with Gasteiger partial charge in [0.25, 0.3) is 0 Å². The average molecular weight is 274 g/mol. The highest BCUT2D eigenvalue weighted by molar-refractivity contribution is 5.27. The van der Waals surface area contributed by atoms with E-state index in [4.69, 9.17) is 0 Å². The Morgan fingerprint density at radius 3 is 2.35 bits per heavy atom. The number of nitrogens with one attached hydrogen (secondary N) is 1. The fourth-order valence-corrected chi connectivity index (χ4v) is 3.10. The van der Waals surface area contributed by atoms with Gasteiger partial charge >= 0.3 is 0 Å². The first-order valence-electron chi connectivity index (χ1n) is 8.20. The minimum absolute atomic E-state index is 0.841. The first-order valence-corrected chi connectivity index (χ1v) is 8.20. The third kappa shape index (κ3) is 4.32. The number of likely N-dealkylation sites (tertiary alicyclic amines) is 1. The Bertz CT molecular complexity index is 392. The molecule has 2 heteroatoms. The number of nitrogens with zero attached hydrogens (tertiary/aromatic N) is 1. The topological polar surface area (TPSA) is 15.3 Å². The van der Waals surface area contributed by atoms with E-state index < -0.39 is 0 Å². The summed E-state index contributed by atoms with van der Waals surface area (Å²) in [4.78, 5) is 2.62. The summed E-state index contributed by atoms with van der Waals surface area (Å²) in [7, 11) is 0. The zero-order chi connectivity index (χ0) is 14.4. The van der Waals surface area contributed by atoms with E-state index in [-0.39, 0.29) is 0 Å². The lowest BCUT2D eigenvalue weighted by Crippen LogP contribution is -2.22. The molecule has 0 amide bonds. The van der Waals surface area contributed by atoms with Crippen molar-refractivity contribution in [2.45, 2.75) is 40.2 Å². The van der Waals surface area contributed by atoms with Gasteiger partial charge in [-0.05, 0) is 48.9 Å². The van der Waals surface area contributed by atoms with E-state index in [9.17, 15) is 0 Å². The SMILES string of the molecule is CCCNCCc1ccccc1CN1CC(C)C(C)C1. The van der Waals surface area contributed by atoms with Crippen molar-refractivity contribution in [2.24, 2.45) is 11.8 Å². The molecule has 2 nitrogen and oxygen atoms in total. The molecule has 1 aromatic carbocycles. The summed E-state index contributed by atoms with van der Waals surface area (Å²) in [5, 5.41) is 3.50. The van der Waals surface area contributed by atoms with Crippen LogP contribution in [0.1, 0.15) is 38.3 Å². The molecule has 0 spiro atoms. The molecule has 1 aliphatic rings. The first kappa shape index (κ1) is 15.5. The van der Waals surface area contributed by atoms with Gasteiger partial charge in [-0.25, -0.2) is 0 Å². The molecule has 0 bridgehead atoms. The van der Waals surface area contributed by atoms with Gasteiger partial charge in [0.15, 0.2) is 0 Å². The zero-order valence-electron chi connectivity index (χ0n) is 13.4. The lowest BCUT2D eigenvalue weighted by molar-refractivity contribution is 0.315. The lowest BCUT2D eigenvalue weighted by atomic mass is 10.0.